The van der Waals surface area contributed by atoms with Gasteiger partial charge in [-0.2, -0.15) is 0 Å². The fourth-order valence-electron chi connectivity index (χ4n) is 2.99. The summed E-state index contributed by atoms with van der Waals surface area (Å²) < 4.78 is 26.6. The lowest BCUT2D eigenvalue weighted by molar-refractivity contribution is 0.337. The molecule has 100 valence electrons. The molecular formula is C12H24N2O2S. The van der Waals surface area contributed by atoms with Crippen molar-refractivity contribution in [1.29, 1.82) is 0 Å². The summed E-state index contributed by atoms with van der Waals surface area (Å²) in [4.78, 5) is 0. The highest BCUT2D eigenvalue weighted by atomic mass is 32.2. The van der Waals surface area contributed by atoms with Crippen LogP contribution in [0.2, 0.25) is 0 Å². The van der Waals surface area contributed by atoms with Gasteiger partial charge in [0.15, 0.2) is 0 Å². The Morgan fingerprint density at radius 3 is 2.41 bits per heavy atom. The number of rotatable bonds is 3. The van der Waals surface area contributed by atoms with Crippen molar-refractivity contribution in [1.82, 2.24) is 9.62 Å². The number of nitrogens with one attached hydrogen (secondary N) is 1. The zero-order valence-corrected chi connectivity index (χ0v) is 11.5. The third-order valence-electron chi connectivity index (χ3n) is 4.18. The highest BCUT2D eigenvalue weighted by Gasteiger charge is 2.35. The molecule has 4 nitrogen and oxygen atoms in total. The van der Waals surface area contributed by atoms with Crippen LogP contribution in [-0.4, -0.2) is 44.2 Å². The highest BCUT2D eigenvalue weighted by molar-refractivity contribution is 7.89. The Bertz CT molecular complexity index is 328. The van der Waals surface area contributed by atoms with E-state index in [0.29, 0.717) is 0 Å². The Morgan fingerprint density at radius 2 is 1.71 bits per heavy atom. The van der Waals surface area contributed by atoms with Gasteiger partial charge >= 0.3 is 0 Å². The van der Waals surface area contributed by atoms with E-state index in [-0.39, 0.29) is 11.3 Å². The summed E-state index contributed by atoms with van der Waals surface area (Å²) in [5, 5.41) is 3.22. The largest absolute Gasteiger partial charge is 0.317 e. The quantitative estimate of drug-likeness (QED) is 0.833. The maximum Gasteiger partial charge on any atom is 0.216 e. The Balaban J connectivity index is 2.03. The Morgan fingerprint density at radius 1 is 1.00 bits per heavy atom. The number of hydrogen-bond donors (Lipinski definition) is 1. The molecule has 2 aliphatic rings. The van der Waals surface area contributed by atoms with Gasteiger partial charge in [0.05, 0.1) is 5.25 Å². The zero-order chi connectivity index (χ0) is 12.3. The molecule has 1 atom stereocenters. The van der Waals surface area contributed by atoms with Gasteiger partial charge in [-0.25, -0.2) is 12.7 Å². The minimum Gasteiger partial charge on any atom is -0.317 e. The van der Waals surface area contributed by atoms with Crippen LogP contribution in [0.25, 0.3) is 0 Å². The van der Waals surface area contributed by atoms with Crippen molar-refractivity contribution in [3.8, 4) is 0 Å². The van der Waals surface area contributed by atoms with Crippen LogP contribution in [0.4, 0.5) is 0 Å². The molecule has 0 aromatic rings. The molecule has 0 spiro atoms. The molecule has 1 saturated heterocycles. The number of hydrogen-bond acceptors (Lipinski definition) is 3. The van der Waals surface area contributed by atoms with Crippen LogP contribution in [0.3, 0.4) is 0 Å². The third-order valence-corrected chi connectivity index (χ3v) is 6.60. The normalized spacial score (nSPS) is 28.5. The second kappa shape index (κ2) is 5.67. The molecular weight excluding hydrogens is 236 g/mol. The maximum atomic E-state index is 12.4. The standard InChI is InChI=1S/C12H24N2O2S/c1-14(11-5-4-9-13-10-8-11)17(15,16)12-6-2-3-7-12/h11-13H,2-10H2,1H3. The summed E-state index contributed by atoms with van der Waals surface area (Å²) >= 11 is 0. The summed E-state index contributed by atoms with van der Waals surface area (Å²) in [6, 6.07) is 0.204. The Hall–Kier alpha value is -0.130. The molecule has 0 radical (unpaired) electrons. The summed E-state index contributed by atoms with van der Waals surface area (Å²) in [7, 11) is -1.27. The van der Waals surface area contributed by atoms with Crippen molar-refractivity contribution in [3.05, 3.63) is 0 Å². The molecule has 1 heterocycles. The minimum absolute atomic E-state index is 0.108. The second-order valence-electron chi connectivity index (χ2n) is 5.30. The number of sulfonamides is 1. The molecule has 2 rings (SSSR count). The van der Waals surface area contributed by atoms with E-state index in [2.05, 4.69) is 5.32 Å². The first-order valence-electron chi connectivity index (χ1n) is 6.80. The molecule has 0 aromatic heterocycles. The molecule has 17 heavy (non-hydrogen) atoms. The minimum atomic E-state index is -3.05. The molecule has 2 fully saturated rings. The topological polar surface area (TPSA) is 49.4 Å². The fourth-order valence-corrected chi connectivity index (χ4v) is 5.02. The van der Waals surface area contributed by atoms with Crippen LogP contribution in [0, 0.1) is 0 Å². The smallest absolute Gasteiger partial charge is 0.216 e. The lowest BCUT2D eigenvalue weighted by Gasteiger charge is -2.28. The summed E-state index contributed by atoms with van der Waals surface area (Å²) in [6.07, 6.45) is 6.89. The van der Waals surface area contributed by atoms with Crippen LogP contribution < -0.4 is 5.32 Å². The molecule has 1 aliphatic carbocycles. The average Bonchev–Trinajstić information content (AvgIpc) is 2.72. The summed E-state index contributed by atoms with van der Waals surface area (Å²) in [5.41, 5.74) is 0. The Kier molecular flexibility index (Phi) is 4.44. The predicted molar refractivity (Wildman–Crippen MR) is 69.4 cm³/mol. The lowest BCUT2D eigenvalue weighted by Crippen LogP contribution is -2.42. The van der Waals surface area contributed by atoms with Gasteiger partial charge in [0, 0.05) is 13.1 Å². The Labute approximate surface area is 105 Å². The second-order valence-corrected chi connectivity index (χ2v) is 7.57. The van der Waals surface area contributed by atoms with Crippen LogP contribution >= 0.6 is 0 Å². The molecule has 1 aliphatic heterocycles. The van der Waals surface area contributed by atoms with Gasteiger partial charge in [0.25, 0.3) is 0 Å². The van der Waals surface area contributed by atoms with Crippen LogP contribution in [0.1, 0.15) is 44.9 Å². The molecule has 5 heteroatoms. The lowest BCUT2D eigenvalue weighted by atomic mass is 10.1. The summed E-state index contributed by atoms with van der Waals surface area (Å²) in [5.74, 6) is 0. The van der Waals surface area contributed by atoms with Gasteiger partial charge in [-0.1, -0.05) is 12.8 Å². The van der Waals surface area contributed by atoms with Gasteiger partial charge in [-0.05, 0) is 45.2 Å². The first-order valence-corrected chi connectivity index (χ1v) is 8.30. The van der Waals surface area contributed by atoms with E-state index in [1.54, 1.807) is 11.4 Å². The van der Waals surface area contributed by atoms with E-state index in [9.17, 15) is 8.42 Å². The maximum absolute atomic E-state index is 12.4. The predicted octanol–water partition coefficient (Wildman–Crippen LogP) is 1.33. The molecule has 0 bridgehead atoms. The van der Waals surface area contributed by atoms with Gasteiger partial charge in [-0.15, -0.1) is 0 Å². The first-order chi connectivity index (χ1) is 8.12. The van der Waals surface area contributed by atoms with Gasteiger partial charge < -0.3 is 5.32 Å². The van der Waals surface area contributed by atoms with Gasteiger partial charge in [0.1, 0.15) is 0 Å². The summed E-state index contributed by atoms with van der Waals surface area (Å²) in [6.45, 7) is 1.96. The SMILES string of the molecule is CN(C1CCCNCC1)S(=O)(=O)C1CCCC1. The molecule has 0 amide bonds. The van der Waals surface area contributed by atoms with E-state index in [1.807, 2.05) is 0 Å². The van der Waals surface area contributed by atoms with Crippen molar-refractivity contribution in [2.24, 2.45) is 0 Å². The molecule has 1 saturated carbocycles. The molecule has 1 unspecified atom stereocenters. The zero-order valence-electron chi connectivity index (χ0n) is 10.7. The van der Waals surface area contributed by atoms with Crippen LogP contribution in [-0.2, 0) is 10.0 Å². The van der Waals surface area contributed by atoms with E-state index < -0.39 is 10.0 Å². The van der Waals surface area contributed by atoms with Crippen LogP contribution in [0.15, 0.2) is 0 Å². The average molecular weight is 260 g/mol. The molecule has 0 aromatic carbocycles. The van der Waals surface area contributed by atoms with Crippen LogP contribution in [0.5, 0.6) is 0 Å². The van der Waals surface area contributed by atoms with Crippen molar-refractivity contribution < 1.29 is 8.42 Å². The van der Waals surface area contributed by atoms with E-state index >= 15 is 0 Å². The van der Waals surface area contributed by atoms with Crippen molar-refractivity contribution >= 4 is 10.0 Å². The number of nitrogens with zero attached hydrogens (tertiary/aromatic N) is 1. The molecule has 1 N–H and O–H groups in total. The van der Waals surface area contributed by atoms with E-state index in [4.69, 9.17) is 0 Å². The third kappa shape index (κ3) is 3.01. The van der Waals surface area contributed by atoms with E-state index in [0.717, 1.165) is 58.0 Å². The van der Waals surface area contributed by atoms with Crippen molar-refractivity contribution in [2.75, 3.05) is 20.1 Å². The van der Waals surface area contributed by atoms with Crippen molar-refractivity contribution in [2.45, 2.75) is 56.2 Å². The van der Waals surface area contributed by atoms with Gasteiger partial charge in [-0.3, -0.25) is 0 Å². The van der Waals surface area contributed by atoms with E-state index in [1.165, 1.54) is 0 Å². The highest BCUT2D eigenvalue weighted by Crippen LogP contribution is 2.28. The fraction of sp³-hybridized carbons (Fsp3) is 1.00. The van der Waals surface area contributed by atoms with Gasteiger partial charge in [0.2, 0.25) is 10.0 Å². The van der Waals surface area contributed by atoms with Crippen molar-refractivity contribution in [3.63, 3.8) is 0 Å². The monoisotopic (exact) mass is 260 g/mol. The first kappa shape index (κ1) is 13.3.